The van der Waals surface area contributed by atoms with Crippen molar-refractivity contribution in [1.29, 1.82) is 0 Å². The fourth-order valence-corrected chi connectivity index (χ4v) is 3.12. The van der Waals surface area contributed by atoms with Gasteiger partial charge in [0.1, 0.15) is 0 Å². The number of nitrogens with zero attached hydrogens (tertiary/aromatic N) is 2. The van der Waals surface area contributed by atoms with Gasteiger partial charge in [0, 0.05) is 31.0 Å². The Bertz CT molecular complexity index is 859. The van der Waals surface area contributed by atoms with Gasteiger partial charge in [0.25, 0.3) is 5.91 Å². The number of hydrogen-bond donors (Lipinski definition) is 2. The largest absolute Gasteiger partial charge is 0.416 e. The summed E-state index contributed by atoms with van der Waals surface area (Å²) in [6.45, 7) is 5.36. The molecule has 30 heavy (non-hydrogen) atoms. The van der Waals surface area contributed by atoms with Crippen LogP contribution in [0.25, 0.3) is 0 Å². The van der Waals surface area contributed by atoms with Crippen molar-refractivity contribution in [3.63, 3.8) is 0 Å². The van der Waals surface area contributed by atoms with E-state index >= 15 is 0 Å². The highest BCUT2D eigenvalue weighted by molar-refractivity contribution is 7.80. The molecule has 2 rings (SSSR count). The van der Waals surface area contributed by atoms with Crippen molar-refractivity contribution < 1.29 is 18.0 Å². The van der Waals surface area contributed by atoms with Crippen LogP contribution in [0.1, 0.15) is 49.0 Å². The number of benzene rings is 1. The van der Waals surface area contributed by atoms with E-state index in [9.17, 15) is 18.0 Å². The summed E-state index contributed by atoms with van der Waals surface area (Å²) in [7, 11) is 0. The topological polar surface area (TPSA) is 57.3 Å². The zero-order valence-corrected chi connectivity index (χ0v) is 17.7. The minimum atomic E-state index is -4.49. The van der Waals surface area contributed by atoms with Crippen LogP contribution in [0.15, 0.2) is 42.7 Å². The molecule has 0 aliphatic rings. The molecule has 0 saturated heterocycles. The highest BCUT2D eigenvalue weighted by atomic mass is 32.1. The Morgan fingerprint density at radius 3 is 2.43 bits per heavy atom. The lowest BCUT2D eigenvalue weighted by Gasteiger charge is -2.27. The van der Waals surface area contributed by atoms with Crippen molar-refractivity contribution in [2.45, 2.75) is 39.3 Å². The smallest absolute Gasteiger partial charge is 0.370 e. The van der Waals surface area contributed by atoms with Gasteiger partial charge < -0.3 is 10.2 Å². The van der Waals surface area contributed by atoms with E-state index in [-0.39, 0.29) is 10.8 Å². The molecule has 0 fully saturated rings. The molecule has 0 radical (unpaired) electrons. The van der Waals surface area contributed by atoms with Gasteiger partial charge in [0.15, 0.2) is 5.11 Å². The molecule has 162 valence electrons. The number of alkyl halides is 3. The fourth-order valence-electron chi connectivity index (χ4n) is 2.92. The number of rotatable bonds is 8. The lowest BCUT2D eigenvalue weighted by molar-refractivity contribution is -0.137. The van der Waals surface area contributed by atoms with Gasteiger partial charge in [-0.3, -0.25) is 15.1 Å². The third-order valence-electron chi connectivity index (χ3n) is 4.50. The third kappa shape index (κ3) is 6.69. The third-order valence-corrected chi connectivity index (χ3v) is 4.70. The molecule has 9 heteroatoms. The predicted molar refractivity (Wildman–Crippen MR) is 117 cm³/mol. The lowest BCUT2D eigenvalue weighted by Crippen LogP contribution is -2.35. The highest BCUT2D eigenvalue weighted by Crippen LogP contribution is 2.35. The van der Waals surface area contributed by atoms with Crippen LogP contribution in [0.3, 0.4) is 0 Å². The first-order valence-corrected chi connectivity index (χ1v) is 10.2. The minimum absolute atomic E-state index is 0.0815. The van der Waals surface area contributed by atoms with Crippen LogP contribution in [-0.4, -0.2) is 29.1 Å². The molecule has 0 aliphatic heterocycles. The molecule has 1 amide bonds. The predicted octanol–water partition coefficient (Wildman–Crippen LogP) is 5.24. The summed E-state index contributed by atoms with van der Waals surface area (Å²) in [4.78, 5) is 18.1. The Kier molecular flexibility index (Phi) is 8.58. The van der Waals surface area contributed by atoms with Crippen LogP contribution in [-0.2, 0) is 6.18 Å². The molecule has 0 aliphatic carbocycles. The van der Waals surface area contributed by atoms with Gasteiger partial charge in [-0.2, -0.15) is 13.2 Å². The monoisotopic (exact) mass is 438 g/mol. The summed E-state index contributed by atoms with van der Waals surface area (Å²) in [5, 5.41) is 5.18. The van der Waals surface area contributed by atoms with Gasteiger partial charge in [-0.1, -0.05) is 19.8 Å². The van der Waals surface area contributed by atoms with Crippen LogP contribution in [0.5, 0.6) is 0 Å². The molecule has 0 spiro atoms. The van der Waals surface area contributed by atoms with E-state index in [0.29, 0.717) is 24.3 Å². The van der Waals surface area contributed by atoms with E-state index in [1.54, 1.807) is 0 Å². The Morgan fingerprint density at radius 2 is 1.83 bits per heavy atom. The minimum Gasteiger partial charge on any atom is -0.370 e. The highest BCUT2D eigenvalue weighted by Gasteiger charge is 2.31. The number of halogens is 3. The summed E-state index contributed by atoms with van der Waals surface area (Å²) in [5.74, 6) is -0.473. The van der Waals surface area contributed by atoms with E-state index in [1.807, 2.05) is 11.8 Å². The number of unbranched alkanes of at least 4 members (excludes halogenated alkanes) is 2. The number of nitrogens with one attached hydrogen (secondary N) is 2. The SMILES string of the molecule is CCCCCN(CC)c1ccc(C(F)(F)F)cc1NC(=S)NC(=O)c1ccncc1. The first-order valence-electron chi connectivity index (χ1n) is 9.74. The van der Waals surface area contributed by atoms with E-state index in [4.69, 9.17) is 12.2 Å². The number of hydrogen-bond acceptors (Lipinski definition) is 4. The van der Waals surface area contributed by atoms with Crippen LogP contribution >= 0.6 is 12.2 Å². The molecule has 0 unspecified atom stereocenters. The van der Waals surface area contributed by atoms with Crippen molar-refractivity contribution in [3.8, 4) is 0 Å². The van der Waals surface area contributed by atoms with Crippen LogP contribution in [0.2, 0.25) is 0 Å². The maximum atomic E-state index is 13.3. The van der Waals surface area contributed by atoms with Crippen molar-refractivity contribution in [3.05, 3.63) is 53.9 Å². The molecule has 2 aromatic rings. The lowest BCUT2D eigenvalue weighted by atomic mass is 10.1. The molecule has 1 aromatic carbocycles. The second-order valence-electron chi connectivity index (χ2n) is 6.66. The van der Waals surface area contributed by atoms with Crippen LogP contribution in [0.4, 0.5) is 24.5 Å². The maximum absolute atomic E-state index is 13.3. The first-order chi connectivity index (χ1) is 14.3. The van der Waals surface area contributed by atoms with E-state index < -0.39 is 17.6 Å². The Labute approximate surface area is 179 Å². The second kappa shape index (κ2) is 10.9. The second-order valence-corrected chi connectivity index (χ2v) is 7.07. The molecular formula is C21H25F3N4OS. The van der Waals surface area contributed by atoms with Gasteiger partial charge in [0.05, 0.1) is 16.9 Å². The molecule has 2 N–H and O–H groups in total. The zero-order chi connectivity index (χ0) is 22.1. The summed E-state index contributed by atoms with van der Waals surface area (Å²) in [6, 6.07) is 6.54. The number of carbonyl (C=O) groups is 1. The molecule has 0 atom stereocenters. The molecule has 0 saturated carbocycles. The normalized spacial score (nSPS) is 11.1. The standard InChI is InChI=1S/C21H25F3N4OS/c1-3-5-6-13-28(4-2)18-8-7-16(21(22,23)24)14-17(18)26-20(30)27-19(29)15-9-11-25-12-10-15/h7-12,14H,3-6,13H2,1-2H3,(H2,26,27,29,30). The number of aromatic nitrogens is 1. The summed E-state index contributed by atoms with van der Waals surface area (Å²) >= 11 is 5.18. The van der Waals surface area contributed by atoms with Crippen molar-refractivity contribution in [1.82, 2.24) is 10.3 Å². The maximum Gasteiger partial charge on any atom is 0.416 e. The van der Waals surface area contributed by atoms with Crippen molar-refractivity contribution in [2.75, 3.05) is 23.3 Å². The summed E-state index contributed by atoms with van der Waals surface area (Å²) in [5.41, 5.74) is 0.347. The number of carbonyl (C=O) groups excluding carboxylic acids is 1. The Balaban J connectivity index is 2.25. The number of anilines is 2. The quantitative estimate of drug-likeness (QED) is 0.436. The molecular weight excluding hydrogens is 413 g/mol. The first kappa shape index (κ1) is 23.6. The van der Waals surface area contributed by atoms with Crippen molar-refractivity contribution >= 4 is 34.6 Å². The Hall–Kier alpha value is -2.68. The number of pyridine rings is 1. The average molecular weight is 439 g/mol. The van der Waals surface area contributed by atoms with Gasteiger partial charge in [-0.05, 0) is 55.9 Å². The van der Waals surface area contributed by atoms with E-state index in [1.165, 1.54) is 30.6 Å². The number of amides is 1. The van der Waals surface area contributed by atoms with Gasteiger partial charge in [-0.15, -0.1) is 0 Å². The summed E-state index contributed by atoms with van der Waals surface area (Å²) in [6.07, 6.45) is 1.43. The Morgan fingerprint density at radius 1 is 1.13 bits per heavy atom. The van der Waals surface area contributed by atoms with Gasteiger partial charge in [-0.25, -0.2) is 0 Å². The van der Waals surface area contributed by atoms with E-state index in [0.717, 1.165) is 31.4 Å². The van der Waals surface area contributed by atoms with Gasteiger partial charge in [0.2, 0.25) is 0 Å². The fraction of sp³-hybridized carbons (Fsp3) is 0.381. The average Bonchev–Trinajstić information content (AvgIpc) is 2.71. The van der Waals surface area contributed by atoms with Crippen LogP contribution < -0.4 is 15.5 Å². The zero-order valence-electron chi connectivity index (χ0n) is 16.9. The number of thiocarbonyl (C=S) groups is 1. The molecule has 1 aromatic heterocycles. The summed E-state index contributed by atoms with van der Waals surface area (Å²) < 4.78 is 39.8. The van der Waals surface area contributed by atoms with Crippen molar-refractivity contribution in [2.24, 2.45) is 0 Å². The molecule has 5 nitrogen and oxygen atoms in total. The molecule has 1 heterocycles. The van der Waals surface area contributed by atoms with E-state index in [2.05, 4.69) is 22.5 Å². The molecule has 0 bridgehead atoms. The van der Waals surface area contributed by atoms with Gasteiger partial charge >= 0.3 is 6.18 Å². The van der Waals surface area contributed by atoms with Crippen LogP contribution in [0, 0.1) is 0 Å².